The summed E-state index contributed by atoms with van der Waals surface area (Å²) in [6.07, 6.45) is 0. The van der Waals surface area contributed by atoms with E-state index in [9.17, 15) is 28.5 Å². The summed E-state index contributed by atoms with van der Waals surface area (Å²) in [7, 11) is -3.16. The highest BCUT2D eigenvalue weighted by molar-refractivity contribution is 7.89. The fourth-order valence-corrected chi connectivity index (χ4v) is 3.14. The van der Waals surface area contributed by atoms with Crippen molar-refractivity contribution < 1.29 is 33.3 Å². The van der Waals surface area contributed by atoms with Crippen LogP contribution in [0.2, 0.25) is 0 Å². The molecule has 0 saturated carbocycles. The van der Waals surface area contributed by atoms with E-state index in [0.29, 0.717) is 0 Å². The van der Waals surface area contributed by atoms with Crippen LogP contribution in [0.15, 0.2) is 29.2 Å². The van der Waals surface area contributed by atoms with Gasteiger partial charge in [0.2, 0.25) is 10.0 Å². The lowest BCUT2D eigenvalue weighted by Gasteiger charge is -2.28. The molecule has 0 aliphatic heterocycles. The monoisotopic (exact) mass is 319 g/mol. The zero-order chi connectivity index (χ0) is 16.1. The molecule has 0 heterocycles. The quantitative estimate of drug-likeness (QED) is 0.448. The minimum atomic E-state index is -4.27. The molecule has 0 aliphatic carbocycles. The number of aliphatic hydroxyl groups is 3. The SMILES string of the molecule is COC(=O)c1ccccc1S(=O)(=O)NC(CO)(CO)CO. The average molecular weight is 319 g/mol. The molecule has 118 valence electrons. The summed E-state index contributed by atoms with van der Waals surface area (Å²) in [4.78, 5) is 11.2. The van der Waals surface area contributed by atoms with Crippen LogP contribution in [0.1, 0.15) is 10.4 Å². The van der Waals surface area contributed by atoms with Crippen LogP contribution in [0.4, 0.5) is 0 Å². The highest BCUT2D eigenvalue weighted by Gasteiger charge is 2.35. The number of benzene rings is 1. The Bertz CT molecular complexity index is 587. The summed E-state index contributed by atoms with van der Waals surface area (Å²) in [5, 5.41) is 27.5. The van der Waals surface area contributed by atoms with Crippen LogP contribution in [-0.4, -0.2) is 62.2 Å². The molecule has 1 aromatic carbocycles. The third kappa shape index (κ3) is 3.77. The molecule has 0 unspecified atom stereocenters. The van der Waals surface area contributed by atoms with E-state index in [1.165, 1.54) is 24.3 Å². The van der Waals surface area contributed by atoms with Gasteiger partial charge in [-0.3, -0.25) is 0 Å². The van der Waals surface area contributed by atoms with Crippen LogP contribution in [0.25, 0.3) is 0 Å². The fraction of sp³-hybridized carbons (Fsp3) is 0.417. The third-order valence-corrected chi connectivity index (χ3v) is 4.48. The van der Waals surface area contributed by atoms with Crippen LogP contribution >= 0.6 is 0 Å². The Hall–Kier alpha value is -1.52. The van der Waals surface area contributed by atoms with Gasteiger partial charge in [-0.05, 0) is 12.1 Å². The van der Waals surface area contributed by atoms with Crippen LogP contribution < -0.4 is 4.72 Å². The maximum Gasteiger partial charge on any atom is 0.339 e. The van der Waals surface area contributed by atoms with Gasteiger partial charge >= 0.3 is 5.97 Å². The molecular weight excluding hydrogens is 302 g/mol. The van der Waals surface area contributed by atoms with Crippen LogP contribution in [0.3, 0.4) is 0 Å². The molecule has 1 aromatic rings. The third-order valence-electron chi connectivity index (χ3n) is 2.84. The van der Waals surface area contributed by atoms with Gasteiger partial charge in [0.15, 0.2) is 0 Å². The number of hydrogen-bond acceptors (Lipinski definition) is 7. The van der Waals surface area contributed by atoms with Crippen molar-refractivity contribution >= 4 is 16.0 Å². The zero-order valence-electron chi connectivity index (χ0n) is 11.3. The number of rotatable bonds is 7. The average Bonchev–Trinajstić information content (AvgIpc) is 2.52. The Balaban J connectivity index is 3.29. The molecule has 8 nitrogen and oxygen atoms in total. The van der Waals surface area contributed by atoms with E-state index < -0.39 is 41.4 Å². The lowest BCUT2D eigenvalue weighted by atomic mass is 10.1. The van der Waals surface area contributed by atoms with Crippen molar-refractivity contribution in [3.8, 4) is 0 Å². The van der Waals surface area contributed by atoms with Gasteiger partial charge in [0.25, 0.3) is 0 Å². The van der Waals surface area contributed by atoms with Gasteiger partial charge in [-0.1, -0.05) is 12.1 Å². The molecule has 1 rings (SSSR count). The van der Waals surface area contributed by atoms with Crippen molar-refractivity contribution in [3.05, 3.63) is 29.8 Å². The number of nitrogens with one attached hydrogen (secondary N) is 1. The Morgan fingerprint density at radius 1 is 1.19 bits per heavy atom. The lowest BCUT2D eigenvalue weighted by Crippen LogP contribution is -2.56. The topological polar surface area (TPSA) is 133 Å². The molecule has 4 N–H and O–H groups in total. The fourth-order valence-electron chi connectivity index (χ4n) is 1.57. The molecular formula is C12H17NO7S. The predicted molar refractivity (Wildman–Crippen MR) is 72.1 cm³/mol. The summed E-state index contributed by atoms with van der Waals surface area (Å²) in [5.74, 6) is -0.849. The van der Waals surface area contributed by atoms with E-state index in [4.69, 9.17) is 0 Å². The van der Waals surface area contributed by atoms with Gasteiger partial charge in [-0.15, -0.1) is 0 Å². The van der Waals surface area contributed by atoms with Gasteiger partial charge in [0.05, 0.1) is 37.4 Å². The lowest BCUT2D eigenvalue weighted by molar-refractivity contribution is 0.0580. The first-order valence-electron chi connectivity index (χ1n) is 5.89. The maximum atomic E-state index is 12.3. The second-order valence-corrected chi connectivity index (χ2v) is 6.00. The summed E-state index contributed by atoms with van der Waals surface area (Å²) in [6.45, 7) is -2.46. The van der Waals surface area contributed by atoms with Crippen LogP contribution in [0.5, 0.6) is 0 Å². The van der Waals surface area contributed by atoms with E-state index in [0.717, 1.165) is 7.11 Å². The minimum Gasteiger partial charge on any atom is -0.465 e. The van der Waals surface area contributed by atoms with Crippen molar-refractivity contribution in [1.29, 1.82) is 0 Å². The van der Waals surface area contributed by atoms with Gasteiger partial charge in [-0.25, -0.2) is 13.2 Å². The summed E-state index contributed by atoms with van der Waals surface area (Å²) in [6, 6.07) is 5.30. The first kappa shape index (κ1) is 17.5. The molecule has 0 saturated heterocycles. The second-order valence-electron chi connectivity index (χ2n) is 4.35. The number of esters is 1. The molecule has 21 heavy (non-hydrogen) atoms. The van der Waals surface area contributed by atoms with Gasteiger partial charge in [0, 0.05) is 0 Å². The standard InChI is InChI=1S/C12H17NO7S/c1-20-11(17)9-4-2-3-5-10(9)21(18,19)13-12(6-14,7-15)8-16/h2-5,13-16H,6-8H2,1H3. The zero-order valence-corrected chi connectivity index (χ0v) is 12.1. The summed E-state index contributed by atoms with van der Waals surface area (Å²) >= 11 is 0. The number of sulfonamides is 1. The Morgan fingerprint density at radius 2 is 1.71 bits per heavy atom. The molecule has 0 atom stereocenters. The number of ether oxygens (including phenoxy) is 1. The Labute approximate surface area is 122 Å². The number of methoxy groups -OCH3 is 1. The Kier molecular flexibility index (Phi) is 5.81. The second kappa shape index (κ2) is 6.96. The van der Waals surface area contributed by atoms with E-state index in [-0.39, 0.29) is 10.5 Å². The van der Waals surface area contributed by atoms with Crippen molar-refractivity contribution in [2.24, 2.45) is 0 Å². The smallest absolute Gasteiger partial charge is 0.339 e. The Morgan fingerprint density at radius 3 is 2.19 bits per heavy atom. The van der Waals surface area contributed by atoms with Gasteiger partial charge in [0.1, 0.15) is 5.54 Å². The maximum absolute atomic E-state index is 12.3. The van der Waals surface area contributed by atoms with E-state index in [1.807, 2.05) is 4.72 Å². The minimum absolute atomic E-state index is 0.199. The predicted octanol–water partition coefficient (Wildman–Crippen LogP) is -1.53. The molecule has 0 amide bonds. The molecule has 9 heteroatoms. The number of aliphatic hydroxyl groups excluding tert-OH is 3. The largest absolute Gasteiger partial charge is 0.465 e. The van der Waals surface area contributed by atoms with Crippen LogP contribution in [-0.2, 0) is 14.8 Å². The van der Waals surface area contributed by atoms with Crippen molar-refractivity contribution in [1.82, 2.24) is 4.72 Å². The normalized spacial score (nSPS) is 12.2. The summed E-state index contributed by atoms with van der Waals surface area (Å²) in [5.41, 5.74) is -2.03. The highest BCUT2D eigenvalue weighted by atomic mass is 32.2. The summed E-state index contributed by atoms with van der Waals surface area (Å²) < 4.78 is 31.1. The van der Waals surface area contributed by atoms with Crippen molar-refractivity contribution in [2.75, 3.05) is 26.9 Å². The number of hydrogen-bond donors (Lipinski definition) is 4. The molecule has 0 aromatic heterocycles. The van der Waals surface area contributed by atoms with Crippen LogP contribution in [0, 0.1) is 0 Å². The van der Waals surface area contributed by atoms with E-state index in [1.54, 1.807) is 0 Å². The van der Waals surface area contributed by atoms with Crippen molar-refractivity contribution in [2.45, 2.75) is 10.4 Å². The van der Waals surface area contributed by atoms with Gasteiger partial charge in [-0.2, -0.15) is 4.72 Å². The van der Waals surface area contributed by atoms with E-state index >= 15 is 0 Å². The highest BCUT2D eigenvalue weighted by Crippen LogP contribution is 2.18. The number of carbonyl (C=O) groups is 1. The molecule has 0 spiro atoms. The first-order chi connectivity index (χ1) is 9.85. The molecule has 0 bridgehead atoms. The molecule has 0 aliphatic rings. The van der Waals surface area contributed by atoms with Gasteiger partial charge < -0.3 is 20.1 Å². The van der Waals surface area contributed by atoms with Crippen molar-refractivity contribution in [3.63, 3.8) is 0 Å². The molecule has 0 fully saturated rings. The van der Waals surface area contributed by atoms with E-state index in [2.05, 4.69) is 4.74 Å². The first-order valence-corrected chi connectivity index (χ1v) is 7.38. The molecule has 0 radical (unpaired) electrons. The number of carbonyl (C=O) groups excluding carboxylic acids is 1.